The fourth-order valence-corrected chi connectivity index (χ4v) is 3.50. The van der Waals surface area contributed by atoms with Gasteiger partial charge < -0.3 is 9.67 Å². The number of hydrogen-bond donors (Lipinski definition) is 1. The normalized spacial score (nSPS) is 26.7. The van der Waals surface area contributed by atoms with Crippen molar-refractivity contribution < 1.29 is 5.11 Å². The number of aliphatic hydroxyl groups excluding tert-OH is 1. The summed E-state index contributed by atoms with van der Waals surface area (Å²) in [7, 11) is 0. The lowest BCUT2D eigenvalue weighted by atomic mass is 9.75. The summed E-state index contributed by atoms with van der Waals surface area (Å²) in [6.45, 7) is 5.67. The molecule has 1 aromatic rings. The van der Waals surface area contributed by atoms with Crippen LogP contribution in [0.1, 0.15) is 63.3 Å². The first-order valence-electron chi connectivity index (χ1n) is 7.41. The van der Waals surface area contributed by atoms with E-state index in [0.717, 1.165) is 25.3 Å². The van der Waals surface area contributed by atoms with E-state index in [1.165, 1.54) is 36.9 Å². The van der Waals surface area contributed by atoms with Crippen molar-refractivity contribution in [2.24, 2.45) is 11.3 Å². The molecule has 100 valence electrons. The smallest absolute Gasteiger partial charge is 0.0812 e. The quantitative estimate of drug-likeness (QED) is 0.866. The van der Waals surface area contributed by atoms with Crippen LogP contribution in [0.5, 0.6) is 0 Å². The van der Waals surface area contributed by atoms with E-state index in [4.69, 9.17) is 0 Å². The van der Waals surface area contributed by atoms with E-state index in [2.05, 4.69) is 30.7 Å². The van der Waals surface area contributed by atoms with Crippen LogP contribution in [0.4, 0.5) is 0 Å². The molecular formula is C16H25NO. The van der Waals surface area contributed by atoms with Crippen LogP contribution in [-0.4, -0.2) is 9.67 Å². The van der Waals surface area contributed by atoms with Gasteiger partial charge in [-0.05, 0) is 36.7 Å². The first kappa shape index (κ1) is 12.3. The molecule has 18 heavy (non-hydrogen) atoms. The Hall–Kier alpha value is -0.760. The molecule has 2 aliphatic rings. The Morgan fingerprint density at radius 1 is 1.39 bits per heavy atom. The lowest BCUT2D eigenvalue weighted by Crippen LogP contribution is -2.27. The molecule has 2 nitrogen and oxygen atoms in total. The Labute approximate surface area is 110 Å². The molecule has 1 atom stereocenters. The lowest BCUT2D eigenvalue weighted by Gasteiger charge is -2.34. The monoisotopic (exact) mass is 247 g/mol. The summed E-state index contributed by atoms with van der Waals surface area (Å²) in [5, 5.41) is 10.2. The molecule has 0 radical (unpaired) electrons. The molecule has 0 spiro atoms. The van der Waals surface area contributed by atoms with Gasteiger partial charge in [-0.25, -0.2) is 0 Å². The van der Waals surface area contributed by atoms with E-state index in [0.29, 0.717) is 0 Å². The van der Waals surface area contributed by atoms with Crippen LogP contribution in [0.3, 0.4) is 0 Å². The zero-order valence-corrected chi connectivity index (χ0v) is 11.7. The topological polar surface area (TPSA) is 25.2 Å². The van der Waals surface area contributed by atoms with Crippen molar-refractivity contribution in [3.8, 4) is 0 Å². The molecule has 1 aromatic heterocycles. The predicted octanol–water partition coefficient (Wildman–Crippen LogP) is 3.68. The van der Waals surface area contributed by atoms with E-state index >= 15 is 0 Å². The van der Waals surface area contributed by atoms with Crippen LogP contribution in [0.2, 0.25) is 0 Å². The first-order valence-corrected chi connectivity index (χ1v) is 7.41. The summed E-state index contributed by atoms with van der Waals surface area (Å²) >= 11 is 0. The number of aliphatic hydroxyl groups is 1. The van der Waals surface area contributed by atoms with Crippen LogP contribution >= 0.6 is 0 Å². The highest BCUT2D eigenvalue weighted by atomic mass is 16.3. The molecule has 0 aromatic carbocycles. The average molecular weight is 247 g/mol. The van der Waals surface area contributed by atoms with Gasteiger partial charge in [0.05, 0.1) is 6.10 Å². The van der Waals surface area contributed by atoms with Gasteiger partial charge in [-0.1, -0.05) is 33.1 Å². The third-order valence-electron chi connectivity index (χ3n) is 4.87. The number of rotatable bonds is 3. The second-order valence-corrected chi connectivity index (χ2v) is 7.06. The van der Waals surface area contributed by atoms with E-state index in [9.17, 15) is 5.11 Å². The predicted molar refractivity (Wildman–Crippen MR) is 73.5 cm³/mol. The van der Waals surface area contributed by atoms with Crippen LogP contribution < -0.4 is 0 Å². The zero-order chi connectivity index (χ0) is 12.8. The number of fused-ring (bicyclic) bond motifs is 1. The third-order valence-corrected chi connectivity index (χ3v) is 4.87. The highest BCUT2D eigenvalue weighted by Crippen LogP contribution is 2.41. The highest BCUT2D eigenvalue weighted by molar-refractivity contribution is 5.29. The van der Waals surface area contributed by atoms with Gasteiger partial charge >= 0.3 is 0 Å². The van der Waals surface area contributed by atoms with E-state index in [-0.39, 0.29) is 11.5 Å². The summed E-state index contributed by atoms with van der Waals surface area (Å²) in [5.41, 5.74) is 2.81. The summed E-state index contributed by atoms with van der Waals surface area (Å²) in [6, 6.07) is 2.13. The minimum Gasteiger partial charge on any atom is -0.388 e. The fourth-order valence-electron chi connectivity index (χ4n) is 3.50. The van der Waals surface area contributed by atoms with Crippen LogP contribution in [0.15, 0.2) is 12.3 Å². The summed E-state index contributed by atoms with van der Waals surface area (Å²) < 4.78 is 2.40. The Morgan fingerprint density at radius 2 is 2.17 bits per heavy atom. The maximum Gasteiger partial charge on any atom is 0.0812 e. The molecule has 1 saturated carbocycles. The largest absolute Gasteiger partial charge is 0.388 e. The number of aryl methyl sites for hydroxylation is 1. The molecule has 0 aliphatic heterocycles. The second-order valence-electron chi connectivity index (χ2n) is 7.06. The maximum absolute atomic E-state index is 10.2. The Bertz CT molecular complexity index is 428. The maximum atomic E-state index is 10.2. The molecule has 2 heteroatoms. The lowest BCUT2D eigenvalue weighted by molar-refractivity contribution is 0.0977. The number of aromatic nitrogens is 1. The Morgan fingerprint density at radius 3 is 2.83 bits per heavy atom. The molecule has 1 heterocycles. The van der Waals surface area contributed by atoms with Crippen molar-refractivity contribution in [2.75, 3.05) is 0 Å². The SMILES string of the molecule is CC1(C)Cc2c(ccn2CCC2CCC2)C(O)C1. The van der Waals surface area contributed by atoms with Crippen molar-refractivity contribution in [3.05, 3.63) is 23.5 Å². The molecule has 0 amide bonds. The summed E-state index contributed by atoms with van der Waals surface area (Å²) in [4.78, 5) is 0. The van der Waals surface area contributed by atoms with Gasteiger partial charge in [-0.3, -0.25) is 0 Å². The van der Waals surface area contributed by atoms with Gasteiger partial charge in [0.2, 0.25) is 0 Å². The Balaban J connectivity index is 1.76. The molecule has 1 fully saturated rings. The van der Waals surface area contributed by atoms with Gasteiger partial charge in [0.1, 0.15) is 0 Å². The van der Waals surface area contributed by atoms with Crippen LogP contribution in [0, 0.1) is 11.3 Å². The van der Waals surface area contributed by atoms with E-state index in [1.807, 2.05) is 0 Å². The average Bonchev–Trinajstić information content (AvgIpc) is 2.57. The summed E-state index contributed by atoms with van der Waals surface area (Å²) in [6.07, 6.45) is 9.54. The molecule has 0 bridgehead atoms. The van der Waals surface area contributed by atoms with Gasteiger partial charge in [0.25, 0.3) is 0 Å². The van der Waals surface area contributed by atoms with Gasteiger partial charge in [0, 0.05) is 24.0 Å². The molecule has 2 aliphatic carbocycles. The summed E-state index contributed by atoms with van der Waals surface area (Å²) in [5.74, 6) is 0.963. The van der Waals surface area contributed by atoms with Gasteiger partial charge in [-0.2, -0.15) is 0 Å². The second kappa shape index (κ2) is 4.41. The van der Waals surface area contributed by atoms with Crippen molar-refractivity contribution in [2.45, 2.75) is 65.0 Å². The van der Waals surface area contributed by atoms with Gasteiger partial charge in [0.15, 0.2) is 0 Å². The van der Waals surface area contributed by atoms with Crippen molar-refractivity contribution in [3.63, 3.8) is 0 Å². The van der Waals surface area contributed by atoms with Crippen molar-refractivity contribution in [1.29, 1.82) is 0 Å². The number of hydrogen-bond acceptors (Lipinski definition) is 1. The molecule has 1 N–H and O–H groups in total. The molecular weight excluding hydrogens is 222 g/mol. The fraction of sp³-hybridized carbons (Fsp3) is 0.750. The van der Waals surface area contributed by atoms with Crippen molar-refractivity contribution >= 4 is 0 Å². The highest BCUT2D eigenvalue weighted by Gasteiger charge is 2.33. The van der Waals surface area contributed by atoms with Crippen LogP contribution in [0.25, 0.3) is 0 Å². The molecule has 3 rings (SSSR count). The van der Waals surface area contributed by atoms with Crippen LogP contribution in [-0.2, 0) is 13.0 Å². The van der Waals surface area contributed by atoms with Crippen molar-refractivity contribution in [1.82, 2.24) is 4.57 Å². The molecule has 0 saturated heterocycles. The van der Waals surface area contributed by atoms with Gasteiger partial charge in [-0.15, -0.1) is 0 Å². The van der Waals surface area contributed by atoms with E-state index in [1.54, 1.807) is 0 Å². The Kier molecular flexibility index (Phi) is 3.01. The number of nitrogens with zero attached hydrogens (tertiary/aromatic N) is 1. The standard InChI is InChI=1S/C16H25NO/c1-16(2)10-14-13(15(18)11-16)7-9-17(14)8-6-12-4-3-5-12/h7,9,12,15,18H,3-6,8,10-11H2,1-2H3. The first-order chi connectivity index (χ1) is 8.55. The van der Waals surface area contributed by atoms with E-state index < -0.39 is 0 Å². The zero-order valence-electron chi connectivity index (χ0n) is 11.7. The third kappa shape index (κ3) is 2.23. The minimum absolute atomic E-state index is 0.235. The minimum atomic E-state index is -0.256. The molecule has 1 unspecified atom stereocenters.